The molecule has 6 nitrogen and oxygen atoms in total. The maximum absolute atomic E-state index is 12.6. The lowest BCUT2D eigenvalue weighted by Crippen LogP contribution is -2.27. The Balaban J connectivity index is 0.000000339. The highest BCUT2D eigenvalue weighted by atomic mass is 19.1. The Morgan fingerprint density at radius 1 is 0.414 bits per heavy atom. The van der Waals surface area contributed by atoms with Crippen LogP contribution in [0.25, 0.3) is 0 Å². The molecule has 312 valence electrons. The van der Waals surface area contributed by atoms with Crippen LogP contribution in [0.2, 0.25) is 0 Å². The van der Waals surface area contributed by atoms with E-state index in [-0.39, 0.29) is 17.9 Å². The van der Waals surface area contributed by atoms with E-state index < -0.39 is 0 Å². The Bertz CT molecular complexity index is 1660. The van der Waals surface area contributed by atoms with Crippen LogP contribution in [0, 0.1) is 101 Å². The number of halogens is 2. The maximum Gasteiger partial charge on any atom is 0.154 e. The van der Waals surface area contributed by atoms with Crippen LogP contribution in [0.15, 0.2) is 110 Å². The summed E-state index contributed by atoms with van der Waals surface area (Å²) >= 11 is 0. The van der Waals surface area contributed by atoms with Gasteiger partial charge in [-0.15, -0.1) is 0 Å². The molecule has 1 aliphatic heterocycles. The number of hydrogen-bond donors (Lipinski definition) is 0. The normalized spacial score (nSPS) is 13.6. The van der Waals surface area contributed by atoms with Crippen molar-refractivity contribution >= 4 is 0 Å². The predicted molar refractivity (Wildman–Crippen MR) is 237 cm³/mol. The smallest absolute Gasteiger partial charge is 0.154 e. The van der Waals surface area contributed by atoms with Gasteiger partial charge < -0.3 is 9.47 Å². The molecule has 3 aromatic heterocycles. The van der Waals surface area contributed by atoms with E-state index in [4.69, 9.17) is 9.47 Å². The minimum atomic E-state index is -0.116. The summed E-state index contributed by atoms with van der Waals surface area (Å²) in [5.74, 6) is 1.17. The van der Waals surface area contributed by atoms with E-state index in [9.17, 15) is 8.78 Å². The van der Waals surface area contributed by atoms with Crippen LogP contribution in [-0.2, 0) is 9.47 Å². The topological polar surface area (TPSA) is 70.0 Å². The van der Waals surface area contributed by atoms with Crippen LogP contribution in [0.5, 0.6) is 0 Å². The van der Waals surface area contributed by atoms with E-state index >= 15 is 0 Å². The molecule has 0 unspecified atom stereocenters. The fourth-order valence-corrected chi connectivity index (χ4v) is 4.27. The van der Waals surface area contributed by atoms with Crippen molar-refractivity contribution in [1.82, 2.24) is 19.9 Å². The third-order valence-corrected chi connectivity index (χ3v) is 8.13. The number of pyridine rings is 2. The second kappa shape index (κ2) is 28.3. The zero-order valence-corrected chi connectivity index (χ0v) is 37.3. The maximum atomic E-state index is 12.6. The zero-order chi connectivity index (χ0) is 43.6. The summed E-state index contributed by atoms with van der Waals surface area (Å²) in [6, 6.07) is 27.1. The first kappa shape index (κ1) is 50.8. The van der Waals surface area contributed by atoms with E-state index in [1.807, 2.05) is 111 Å². The summed E-state index contributed by atoms with van der Waals surface area (Å²) in [5, 5.41) is 0. The lowest BCUT2D eigenvalue weighted by atomic mass is 10.2. The second-order valence-corrected chi connectivity index (χ2v) is 14.8. The molecule has 8 heteroatoms. The zero-order valence-electron chi connectivity index (χ0n) is 37.3. The summed E-state index contributed by atoms with van der Waals surface area (Å²) in [6.45, 7) is 29.1. The van der Waals surface area contributed by atoms with Crippen molar-refractivity contribution in [2.75, 3.05) is 13.2 Å². The highest BCUT2D eigenvalue weighted by Gasteiger charge is 2.13. The molecule has 1 saturated heterocycles. The Kier molecular flexibility index (Phi) is 24.8. The van der Waals surface area contributed by atoms with E-state index in [1.165, 1.54) is 34.4 Å². The van der Waals surface area contributed by atoms with Crippen LogP contribution in [-0.4, -0.2) is 39.4 Å². The molecule has 0 N–H and O–H groups in total. The van der Waals surface area contributed by atoms with Crippen molar-refractivity contribution in [1.29, 1.82) is 0 Å². The summed E-state index contributed by atoms with van der Waals surface area (Å²) in [6.07, 6.45) is 7.38. The average molecular weight is 793 g/mol. The summed E-state index contributed by atoms with van der Waals surface area (Å²) in [4.78, 5) is 16.1. The third-order valence-electron chi connectivity index (χ3n) is 8.13. The molecule has 0 aliphatic carbocycles. The Morgan fingerprint density at radius 3 is 1.00 bits per heavy atom. The monoisotopic (exact) mass is 793 g/mol. The summed E-state index contributed by atoms with van der Waals surface area (Å²) < 4.78 is 35.5. The molecule has 0 spiro atoms. The fourth-order valence-electron chi connectivity index (χ4n) is 4.27. The SMILES string of the molecule is CC1COC(C)OC1.Cc1ccc(C)c(F)c1.Cc1ccc(C)c(F)c1.Cc1ccc(C)cc1.Cc1ccc(C)nc1.Cc1ccc(C)nc1.Cc1cnc(C)nc1. The van der Waals surface area contributed by atoms with Gasteiger partial charge in [-0.25, -0.2) is 18.7 Å². The Morgan fingerprint density at radius 2 is 0.741 bits per heavy atom. The minimum absolute atomic E-state index is 0.0196. The quantitative estimate of drug-likeness (QED) is 0.153. The molecule has 1 aliphatic rings. The Labute approximate surface area is 348 Å². The van der Waals surface area contributed by atoms with Crippen LogP contribution >= 0.6 is 0 Å². The number of nitrogens with zero attached hydrogens (tertiary/aromatic N) is 4. The third kappa shape index (κ3) is 25.1. The van der Waals surface area contributed by atoms with E-state index in [1.54, 1.807) is 26.0 Å². The van der Waals surface area contributed by atoms with Crippen LogP contribution in [0.3, 0.4) is 0 Å². The van der Waals surface area contributed by atoms with Crippen molar-refractivity contribution in [2.24, 2.45) is 5.92 Å². The van der Waals surface area contributed by atoms with Gasteiger partial charge in [0.2, 0.25) is 0 Å². The van der Waals surface area contributed by atoms with Crippen molar-refractivity contribution in [2.45, 2.75) is 103 Å². The Hall–Kier alpha value is -5.18. The number of aryl methyl sites for hydroxylation is 12. The summed E-state index contributed by atoms with van der Waals surface area (Å²) in [5.41, 5.74) is 11.7. The molecular weight excluding hydrogens is 727 g/mol. The van der Waals surface area contributed by atoms with Gasteiger partial charge in [0.05, 0.1) is 13.2 Å². The lowest BCUT2D eigenvalue weighted by Gasteiger charge is -2.24. The summed E-state index contributed by atoms with van der Waals surface area (Å²) in [7, 11) is 0. The highest BCUT2D eigenvalue weighted by Crippen LogP contribution is 2.09. The largest absolute Gasteiger partial charge is 0.353 e. The lowest BCUT2D eigenvalue weighted by molar-refractivity contribution is -0.187. The molecule has 0 radical (unpaired) electrons. The molecule has 1 fully saturated rings. The first-order valence-corrected chi connectivity index (χ1v) is 19.6. The van der Waals surface area contributed by atoms with Crippen LogP contribution in [0.4, 0.5) is 8.78 Å². The number of rotatable bonds is 0. The van der Waals surface area contributed by atoms with Gasteiger partial charge in [-0.05, 0) is 153 Å². The molecule has 7 rings (SSSR count). The fraction of sp³-hybridized carbons (Fsp3) is 0.360. The molecular formula is C50H66F2N4O2. The van der Waals surface area contributed by atoms with Gasteiger partial charge >= 0.3 is 0 Å². The number of ether oxygens (including phenoxy) is 2. The molecule has 0 amide bonds. The molecule has 3 aromatic carbocycles. The molecule has 6 aromatic rings. The van der Waals surface area contributed by atoms with Crippen molar-refractivity contribution in [3.63, 3.8) is 0 Å². The van der Waals surface area contributed by atoms with E-state index in [2.05, 4.69) is 77.1 Å². The number of aromatic nitrogens is 4. The standard InChI is InChI=1S/2C8H9F.C8H10.2C7H9N.C6H8N2.C6H12O2/c2*1-6-3-4-7(2)8(9)5-6;1-7-3-5-8(2)6-4-7;2*1-6-3-4-7(2)8-5-6;2*1-5-3-7-6(2)8-4-5/h2*3-5H,1-2H3;3-6H,1-2H3;2*3-5H,1-2H3;3-4H,1-2H3;5-6H,3-4H2,1-2H3. The van der Waals surface area contributed by atoms with Gasteiger partial charge in [0.25, 0.3) is 0 Å². The van der Waals surface area contributed by atoms with Gasteiger partial charge in [0.1, 0.15) is 17.5 Å². The molecule has 0 atom stereocenters. The van der Waals surface area contributed by atoms with Gasteiger partial charge in [0.15, 0.2) is 6.29 Å². The molecule has 58 heavy (non-hydrogen) atoms. The molecule has 0 bridgehead atoms. The number of hydrogen-bond acceptors (Lipinski definition) is 6. The van der Waals surface area contributed by atoms with Gasteiger partial charge in [-0.3, -0.25) is 9.97 Å². The van der Waals surface area contributed by atoms with E-state index in [0.717, 1.165) is 47.1 Å². The van der Waals surface area contributed by atoms with E-state index in [0.29, 0.717) is 17.0 Å². The first-order valence-electron chi connectivity index (χ1n) is 19.6. The highest BCUT2D eigenvalue weighted by molar-refractivity contribution is 5.23. The van der Waals surface area contributed by atoms with Gasteiger partial charge in [-0.2, -0.15) is 0 Å². The van der Waals surface area contributed by atoms with Crippen molar-refractivity contribution in [3.8, 4) is 0 Å². The second-order valence-electron chi connectivity index (χ2n) is 14.8. The van der Waals surface area contributed by atoms with Crippen molar-refractivity contribution in [3.05, 3.63) is 189 Å². The van der Waals surface area contributed by atoms with Crippen LogP contribution < -0.4 is 0 Å². The van der Waals surface area contributed by atoms with Gasteiger partial charge in [0, 0.05) is 42.1 Å². The molecule has 0 saturated carbocycles. The molecule has 4 heterocycles. The van der Waals surface area contributed by atoms with Gasteiger partial charge in [-0.1, -0.05) is 78.7 Å². The van der Waals surface area contributed by atoms with Crippen LogP contribution in [0.1, 0.15) is 81.1 Å². The first-order chi connectivity index (χ1) is 27.3. The van der Waals surface area contributed by atoms with Crippen molar-refractivity contribution < 1.29 is 18.3 Å². The minimum Gasteiger partial charge on any atom is -0.353 e. The average Bonchev–Trinajstić information content (AvgIpc) is 3.19. The predicted octanol–water partition coefficient (Wildman–Crippen LogP) is 12.7. The number of benzene rings is 3.